The number of alkyl halides is 1. The number of halogens is 1. The number of nitrogens with two attached hydrogens (primary N) is 1. The Morgan fingerprint density at radius 3 is 2.88 bits per heavy atom. The standard InChI is InChI=1S/C12H12ClNO2/c1-16-12(15)10-6-5-9(11(14)8-10)4-2-3-7-13/h5-6,8H,3,7,14H2,1H3. The molecule has 4 heteroatoms. The number of carbonyl (C=O) groups excluding carboxylic acids is 1. The van der Waals surface area contributed by atoms with E-state index >= 15 is 0 Å². The lowest BCUT2D eigenvalue weighted by atomic mass is 10.1. The SMILES string of the molecule is COC(=O)c1ccc(C#CCCCl)c(N)c1. The number of carbonyl (C=O) groups is 1. The number of hydrogen-bond acceptors (Lipinski definition) is 3. The van der Waals surface area contributed by atoms with Gasteiger partial charge in [0.1, 0.15) is 0 Å². The van der Waals surface area contributed by atoms with Crippen molar-refractivity contribution in [2.75, 3.05) is 18.7 Å². The van der Waals surface area contributed by atoms with Crippen molar-refractivity contribution >= 4 is 23.3 Å². The zero-order chi connectivity index (χ0) is 12.0. The van der Waals surface area contributed by atoms with Gasteiger partial charge in [-0.3, -0.25) is 0 Å². The first-order valence-electron chi connectivity index (χ1n) is 4.71. The summed E-state index contributed by atoms with van der Waals surface area (Å²) in [5.74, 6) is 5.85. The molecule has 0 aliphatic rings. The van der Waals surface area contributed by atoms with Crippen LogP contribution in [0.25, 0.3) is 0 Å². The molecular formula is C12H12ClNO2. The first kappa shape index (κ1) is 12.4. The summed E-state index contributed by atoms with van der Waals surface area (Å²) in [6.07, 6.45) is 0.611. The minimum absolute atomic E-state index is 0.410. The third kappa shape index (κ3) is 3.18. The van der Waals surface area contributed by atoms with E-state index in [2.05, 4.69) is 16.6 Å². The topological polar surface area (TPSA) is 52.3 Å². The Kier molecular flexibility index (Phi) is 4.68. The van der Waals surface area contributed by atoms with E-state index in [-0.39, 0.29) is 0 Å². The lowest BCUT2D eigenvalue weighted by Crippen LogP contribution is -2.02. The van der Waals surface area contributed by atoms with Crippen molar-refractivity contribution in [1.82, 2.24) is 0 Å². The number of benzene rings is 1. The highest BCUT2D eigenvalue weighted by Crippen LogP contribution is 2.13. The van der Waals surface area contributed by atoms with E-state index in [1.807, 2.05) is 0 Å². The van der Waals surface area contributed by atoms with E-state index in [0.29, 0.717) is 29.1 Å². The predicted octanol–water partition coefficient (Wildman–Crippen LogP) is 2.04. The maximum absolute atomic E-state index is 11.2. The van der Waals surface area contributed by atoms with Gasteiger partial charge in [0.2, 0.25) is 0 Å². The fourth-order valence-corrected chi connectivity index (χ4v) is 1.22. The molecule has 2 N–H and O–H groups in total. The highest BCUT2D eigenvalue weighted by atomic mass is 35.5. The second kappa shape index (κ2) is 6.04. The number of methoxy groups -OCH3 is 1. The summed E-state index contributed by atoms with van der Waals surface area (Å²) in [5.41, 5.74) is 7.33. The molecule has 0 aliphatic carbocycles. The van der Waals surface area contributed by atoms with E-state index in [0.717, 1.165) is 0 Å². The number of nitrogen functional groups attached to an aromatic ring is 1. The molecule has 0 saturated heterocycles. The molecule has 84 valence electrons. The molecule has 0 aromatic heterocycles. The third-order valence-electron chi connectivity index (χ3n) is 1.92. The van der Waals surface area contributed by atoms with E-state index in [1.54, 1.807) is 18.2 Å². The Balaban J connectivity index is 2.93. The zero-order valence-electron chi connectivity index (χ0n) is 8.92. The third-order valence-corrected chi connectivity index (χ3v) is 2.10. The van der Waals surface area contributed by atoms with Crippen molar-refractivity contribution in [3.8, 4) is 11.8 Å². The Morgan fingerprint density at radius 2 is 2.31 bits per heavy atom. The predicted molar refractivity (Wildman–Crippen MR) is 64.4 cm³/mol. The summed E-state index contributed by atoms with van der Waals surface area (Å²) in [7, 11) is 1.33. The van der Waals surface area contributed by atoms with Crippen LogP contribution in [0, 0.1) is 11.8 Å². The molecule has 16 heavy (non-hydrogen) atoms. The minimum atomic E-state index is -0.410. The molecule has 0 amide bonds. The van der Waals surface area contributed by atoms with E-state index < -0.39 is 5.97 Å². The van der Waals surface area contributed by atoms with Crippen molar-refractivity contribution in [2.45, 2.75) is 6.42 Å². The lowest BCUT2D eigenvalue weighted by molar-refractivity contribution is 0.0601. The maximum Gasteiger partial charge on any atom is 0.337 e. The summed E-state index contributed by atoms with van der Waals surface area (Å²) in [6, 6.07) is 4.88. The molecule has 0 aliphatic heterocycles. The monoisotopic (exact) mass is 237 g/mol. The van der Waals surface area contributed by atoms with E-state index in [9.17, 15) is 4.79 Å². The Labute approximate surface area is 99.5 Å². The minimum Gasteiger partial charge on any atom is -0.465 e. The first-order chi connectivity index (χ1) is 7.69. The molecule has 0 atom stereocenters. The summed E-state index contributed by atoms with van der Waals surface area (Å²) < 4.78 is 4.58. The molecule has 0 fully saturated rings. The first-order valence-corrected chi connectivity index (χ1v) is 5.25. The fraction of sp³-hybridized carbons (Fsp3) is 0.250. The molecule has 1 aromatic carbocycles. The summed E-state index contributed by atoms with van der Waals surface area (Å²) in [6.45, 7) is 0. The average molecular weight is 238 g/mol. The van der Waals surface area contributed by atoms with Crippen LogP contribution in [-0.2, 0) is 4.74 Å². The van der Waals surface area contributed by atoms with Gasteiger partial charge >= 0.3 is 5.97 Å². The van der Waals surface area contributed by atoms with Crippen LogP contribution in [0.1, 0.15) is 22.3 Å². The molecule has 0 spiro atoms. The van der Waals surface area contributed by atoms with E-state index in [4.69, 9.17) is 17.3 Å². The number of esters is 1. The van der Waals surface area contributed by atoms with Crippen molar-refractivity contribution in [3.05, 3.63) is 29.3 Å². The smallest absolute Gasteiger partial charge is 0.337 e. The number of anilines is 1. The van der Waals surface area contributed by atoms with Gasteiger partial charge in [0, 0.05) is 23.6 Å². The molecular weight excluding hydrogens is 226 g/mol. The molecule has 1 aromatic rings. The second-order valence-electron chi connectivity index (χ2n) is 3.03. The van der Waals surface area contributed by atoms with Crippen molar-refractivity contribution in [1.29, 1.82) is 0 Å². The fourth-order valence-electron chi connectivity index (χ4n) is 1.13. The molecule has 0 heterocycles. The molecule has 3 nitrogen and oxygen atoms in total. The number of rotatable bonds is 2. The van der Waals surface area contributed by atoms with Crippen LogP contribution in [0.3, 0.4) is 0 Å². The Hall–Kier alpha value is -1.66. The van der Waals surface area contributed by atoms with Gasteiger partial charge in [-0.15, -0.1) is 11.6 Å². The maximum atomic E-state index is 11.2. The van der Waals surface area contributed by atoms with Crippen molar-refractivity contribution in [2.24, 2.45) is 0 Å². The van der Waals surface area contributed by atoms with E-state index in [1.165, 1.54) is 7.11 Å². The highest BCUT2D eigenvalue weighted by Gasteiger charge is 2.06. The largest absolute Gasteiger partial charge is 0.465 e. The van der Waals surface area contributed by atoms with Crippen LogP contribution in [0.4, 0.5) is 5.69 Å². The normalized spacial score (nSPS) is 9.12. The van der Waals surface area contributed by atoms with Gasteiger partial charge in [0.05, 0.1) is 12.7 Å². The van der Waals surface area contributed by atoms with Crippen LogP contribution < -0.4 is 5.73 Å². The van der Waals surface area contributed by atoms with Crippen molar-refractivity contribution in [3.63, 3.8) is 0 Å². The molecule has 0 unspecified atom stereocenters. The summed E-state index contributed by atoms with van der Waals surface area (Å²) in [4.78, 5) is 11.2. The summed E-state index contributed by atoms with van der Waals surface area (Å²) >= 11 is 5.50. The zero-order valence-corrected chi connectivity index (χ0v) is 9.67. The Morgan fingerprint density at radius 1 is 1.56 bits per heavy atom. The summed E-state index contributed by atoms with van der Waals surface area (Å²) in [5, 5.41) is 0. The van der Waals surface area contributed by atoms with Gasteiger partial charge in [-0.05, 0) is 18.2 Å². The highest BCUT2D eigenvalue weighted by molar-refractivity contribution is 6.18. The van der Waals surface area contributed by atoms with Crippen LogP contribution >= 0.6 is 11.6 Å². The lowest BCUT2D eigenvalue weighted by Gasteiger charge is -2.02. The van der Waals surface area contributed by atoms with Crippen LogP contribution in [0.5, 0.6) is 0 Å². The van der Waals surface area contributed by atoms with Crippen LogP contribution in [-0.4, -0.2) is 19.0 Å². The molecule has 0 saturated carbocycles. The second-order valence-corrected chi connectivity index (χ2v) is 3.41. The number of hydrogen-bond donors (Lipinski definition) is 1. The van der Waals surface area contributed by atoms with Gasteiger partial charge in [0.15, 0.2) is 0 Å². The van der Waals surface area contributed by atoms with Crippen LogP contribution in [0.15, 0.2) is 18.2 Å². The van der Waals surface area contributed by atoms with Crippen LogP contribution in [0.2, 0.25) is 0 Å². The number of ether oxygens (including phenoxy) is 1. The molecule has 0 radical (unpaired) electrons. The average Bonchev–Trinajstić information content (AvgIpc) is 2.30. The van der Waals surface area contributed by atoms with Gasteiger partial charge in [0.25, 0.3) is 0 Å². The van der Waals surface area contributed by atoms with Gasteiger partial charge in [-0.1, -0.05) is 11.8 Å². The van der Waals surface area contributed by atoms with Gasteiger partial charge < -0.3 is 10.5 Å². The quantitative estimate of drug-likeness (QED) is 0.371. The van der Waals surface area contributed by atoms with Gasteiger partial charge in [-0.2, -0.15) is 0 Å². The van der Waals surface area contributed by atoms with Gasteiger partial charge in [-0.25, -0.2) is 4.79 Å². The Bertz CT molecular complexity index is 446. The molecule has 0 bridgehead atoms. The molecule has 1 rings (SSSR count). The van der Waals surface area contributed by atoms with Crippen molar-refractivity contribution < 1.29 is 9.53 Å².